The smallest absolute Gasteiger partial charge is 0.338 e. The molecule has 0 spiro atoms. The number of benzene rings is 1. The molecule has 7 heteroatoms. The van der Waals surface area contributed by atoms with E-state index in [9.17, 15) is 14.4 Å². The van der Waals surface area contributed by atoms with Crippen molar-refractivity contribution in [3.63, 3.8) is 0 Å². The molecule has 0 aliphatic carbocycles. The van der Waals surface area contributed by atoms with E-state index in [1.54, 1.807) is 24.0 Å². The molecule has 152 valence electrons. The molecule has 3 rings (SSSR count). The molecule has 0 radical (unpaired) electrons. The largest absolute Gasteiger partial charge is 0.449 e. The summed E-state index contributed by atoms with van der Waals surface area (Å²) in [5.74, 6) is -0.831. The van der Waals surface area contributed by atoms with Crippen molar-refractivity contribution in [2.75, 3.05) is 16.8 Å². The van der Waals surface area contributed by atoms with Crippen LogP contribution in [-0.2, 0) is 14.3 Å². The molecule has 2 atom stereocenters. The summed E-state index contributed by atoms with van der Waals surface area (Å²) in [7, 11) is 0. The molecule has 0 aromatic heterocycles. The number of anilines is 2. The van der Waals surface area contributed by atoms with Gasteiger partial charge in [0.15, 0.2) is 6.10 Å². The molecule has 0 saturated carbocycles. The van der Waals surface area contributed by atoms with Crippen LogP contribution < -0.4 is 10.2 Å². The van der Waals surface area contributed by atoms with Crippen molar-refractivity contribution in [2.45, 2.75) is 71.7 Å². The summed E-state index contributed by atoms with van der Waals surface area (Å²) in [4.78, 5) is 41.3. The Balaban J connectivity index is 1.74. The lowest BCUT2D eigenvalue weighted by atomic mass is 10.1. The van der Waals surface area contributed by atoms with Crippen molar-refractivity contribution in [1.82, 2.24) is 4.90 Å². The summed E-state index contributed by atoms with van der Waals surface area (Å²) in [6, 6.07) is 5.06. The van der Waals surface area contributed by atoms with Crippen LogP contribution in [0, 0.1) is 0 Å². The first-order chi connectivity index (χ1) is 13.2. The van der Waals surface area contributed by atoms with Gasteiger partial charge in [0.2, 0.25) is 5.91 Å². The number of carbonyl (C=O) groups is 3. The van der Waals surface area contributed by atoms with Gasteiger partial charge in [-0.3, -0.25) is 9.59 Å². The molecular weight excluding hydrogens is 358 g/mol. The van der Waals surface area contributed by atoms with Crippen molar-refractivity contribution in [1.29, 1.82) is 0 Å². The third-order valence-electron chi connectivity index (χ3n) is 5.35. The first-order valence-corrected chi connectivity index (χ1v) is 9.95. The first-order valence-electron chi connectivity index (χ1n) is 9.95. The molecule has 1 N–H and O–H groups in total. The van der Waals surface area contributed by atoms with Crippen LogP contribution in [0.5, 0.6) is 0 Å². The molecular formula is C21H29N3O4. The second-order valence-corrected chi connectivity index (χ2v) is 8.05. The summed E-state index contributed by atoms with van der Waals surface area (Å²) in [6.07, 6.45) is 0.936. The molecule has 1 saturated heterocycles. The maximum absolute atomic E-state index is 12.7. The summed E-state index contributed by atoms with van der Waals surface area (Å²) >= 11 is 0. The molecule has 2 heterocycles. The highest BCUT2D eigenvalue weighted by Crippen LogP contribution is 2.37. The van der Waals surface area contributed by atoms with Crippen LogP contribution in [0.25, 0.3) is 0 Å². The normalized spacial score (nSPS) is 19.2. The van der Waals surface area contributed by atoms with Crippen molar-refractivity contribution in [3.8, 4) is 0 Å². The number of hydrogen-bond acceptors (Lipinski definition) is 5. The van der Waals surface area contributed by atoms with Gasteiger partial charge in [0.25, 0.3) is 5.91 Å². The second kappa shape index (κ2) is 7.81. The van der Waals surface area contributed by atoms with E-state index in [2.05, 4.69) is 10.2 Å². The van der Waals surface area contributed by atoms with E-state index in [1.807, 2.05) is 33.8 Å². The van der Waals surface area contributed by atoms with Gasteiger partial charge >= 0.3 is 5.97 Å². The van der Waals surface area contributed by atoms with Crippen molar-refractivity contribution in [3.05, 3.63) is 23.8 Å². The average Bonchev–Trinajstić information content (AvgIpc) is 3.11. The van der Waals surface area contributed by atoms with Gasteiger partial charge in [0.05, 0.1) is 16.9 Å². The number of ether oxygens (including phenoxy) is 1. The predicted molar refractivity (Wildman–Crippen MR) is 107 cm³/mol. The van der Waals surface area contributed by atoms with Gasteiger partial charge in [-0.05, 0) is 65.7 Å². The molecule has 2 aliphatic rings. The Morgan fingerprint density at radius 1 is 1.18 bits per heavy atom. The Kier molecular flexibility index (Phi) is 5.63. The number of esters is 1. The van der Waals surface area contributed by atoms with E-state index in [0.717, 1.165) is 25.1 Å². The summed E-state index contributed by atoms with van der Waals surface area (Å²) in [5.41, 5.74) is 1.85. The van der Waals surface area contributed by atoms with E-state index in [1.165, 1.54) is 0 Å². The highest BCUT2D eigenvalue weighted by atomic mass is 16.5. The summed E-state index contributed by atoms with van der Waals surface area (Å²) in [5, 5.41) is 2.89. The van der Waals surface area contributed by atoms with Crippen LogP contribution in [0.15, 0.2) is 18.2 Å². The van der Waals surface area contributed by atoms with E-state index in [4.69, 9.17) is 4.74 Å². The van der Waals surface area contributed by atoms with Crippen LogP contribution in [-0.4, -0.2) is 53.5 Å². The van der Waals surface area contributed by atoms with Gasteiger partial charge in [0.1, 0.15) is 6.04 Å². The predicted octanol–water partition coefficient (Wildman–Crippen LogP) is 2.80. The number of amides is 2. The minimum absolute atomic E-state index is 0.0148. The highest BCUT2D eigenvalue weighted by Gasteiger charge is 2.36. The lowest BCUT2D eigenvalue weighted by Crippen LogP contribution is -2.47. The maximum Gasteiger partial charge on any atom is 0.338 e. The van der Waals surface area contributed by atoms with E-state index in [-0.39, 0.29) is 29.9 Å². The SMILES string of the molecule is CC(C)N(C(=O)[C@H](C)OC(=O)c1ccc2c(c1)NC(=O)[C@@H]1CCCN21)C(C)C. The van der Waals surface area contributed by atoms with Crippen LogP contribution in [0.1, 0.15) is 57.8 Å². The Morgan fingerprint density at radius 3 is 2.50 bits per heavy atom. The van der Waals surface area contributed by atoms with Crippen molar-refractivity contribution < 1.29 is 19.1 Å². The van der Waals surface area contributed by atoms with Crippen molar-refractivity contribution in [2.24, 2.45) is 0 Å². The quantitative estimate of drug-likeness (QED) is 0.786. The zero-order valence-corrected chi connectivity index (χ0v) is 17.2. The number of hydrogen-bond donors (Lipinski definition) is 1. The van der Waals surface area contributed by atoms with Crippen LogP contribution in [0.2, 0.25) is 0 Å². The number of nitrogens with zero attached hydrogens (tertiary/aromatic N) is 2. The number of nitrogens with one attached hydrogen (secondary N) is 1. The molecule has 0 unspecified atom stereocenters. The summed E-state index contributed by atoms with van der Waals surface area (Å²) in [6.45, 7) is 10.2. The third kappa shape index (κ3) is 3.70. The Hall–Kier alpha value is -2.57. The van der Waals surface area contributed by atoms with Gasteiger partial charge in [-0.2, -0.15) is 0 Å². The molecule has 7 nitrogen and oxygen atoms in total. The van der Waals surface area contributed by atoms with Gasteiger partial charge < -0.3 is 19.9 Å². The average molecular weight is 387 g/mol. The monoisotopic (exact) mass is 387 g/mol. The van der Waals surface area contributed by atoms with Crippen molar-refractivity contribution >= 4 is 29.2 Å². The maximum atomic E-state index is 12.7. The second-order valence-electron chi connectivity index (χ2n) is 8.05. The van der Waals surface area contributed by atoms with Gasteiger partial charge in [0, 0.05) is 18.6 Å². The molecule has 1 aromatic carbocycles. The van der Waals surface area contributed by atoms with Crippen LogP contribution >= 0.6 is 0 Å². The fraction of sp³-hybridized carbons (Fsp3) is 0.571. The first kappa shape index (κ1) is 20.2. The third-order valence-corrected chi connectivity index (χ3v) is 5.35. The minimum Gasteiger partial charge on any atom is -0.449 e. The fourth-order valence-corrected chi connectivity index (χ4v) is 4.15. The lowest BCUT2D eigenvalue weighted by Gasteiger charge is -2.33. The molecule has 2 aliphatic heterocycles. The minimum atomic E-state index is -0.883. The standard InChI is InChI=1S/C21H29N3O4/c1-12(2)24(13(3)4)20(26)14(5)28-21(27)15-8-9-17-16(11-15)22-19(25)18-7-6-10-23(17)18/h8-9,11-14,18H,6-7,10H2,1-5H3,(H,22,25)/t14-,18-/m0/s1. The molecule has 2 amide bonds. The lowest BCUT2D eigenvalue weighted by molar-refractivity contribution is -0.143. The zero-order valence-electron chi connectivity index (χ0n) is 17.2. The Labute approximate surface area is 166 Å². The Bertz CT molecular complexity index is 782. The van der Waals surface area contributed by atoms with Gasteiger partial charge in [-0.25, -0.2) is 4.79 Å². The van der Waals surface area contributed by atoms with Gasteiger partial charge in [-0.1, -0.05) is 0 Å². The number of fused-ring (bicyclic) bond motifs is 3. The summed E-state index contributed by atoms with van der Waals surface area (Å²) < 4.78 is 5.43. The van der Waals surface area contributed by atoms with E-state index < -0.39 is 12.1 Å². The number of carbonyl (C=O) groups excluding carboxylic acids is 3. The number of rotatable bonds is 5. The molecule has 1 fully saturated rings. The molecule has 0 bridgehead atoms. The van der Waals surface area contributed by atoms with Crippen LogP contribution in [0.4, 0.5) is 11.4 Å². The molecule has 1 aromatic rings. The zero-order chi connectivity index (χ0) is 20.6. The fourth-order valence-electron chi connectivity index (χ4n) is 4.15. The topological polar surface area (TPSA) is 79.0 Å². The van der Waals surface area contributed by atoms with Gasteiger partial charge in [-0.15, -0.1) is 0 Å². The van der Waals surface area contributed by atoms with Crippen LogP contribution in [0.3, 0.4) is 0 Å². The molecule has 28 heavy (non-hydrogen) atoms. The van der Waals surface area contributed by atoms with E-state index >= 15 is 0 Å². The van der Waals surface area contributed by atoms with E-state index in [0.29, 0.717) is 11.3 Å². The Morgan fingerprint density at radius 2 is 1.86 bits per heavy atom. The highest BCUT2D eigenvalue weighted by molar-refractivity contribution is 6.05.